The van der Waals surface area contributed by atoms with E-state index in [1.54, 1.807) is 12.1 Å². The number of phenolic OH excluding ortho intramolecular Hbond substituents is 1. The first-order valence-corrected chi connectivity index (χ1v) is 9.32. The molecule has 1 heterocycles. The summed E-state index contributed by atoms with van der Waals surface area (Å²) in [5.74, 6) is 0.945. The monoisotopic (exact) mass is 374 g/mol. The molecule has 4 nitrogen and oxygen atoms in total. The van der Waals surface area contributed by atoms with Crippen molar-refractivity contribution in [3.8, 4) is 11.5 Å². The Labute approximate surface area is 164 Å². The van der Waals surface area contributed by atoms with E-state index in [2.05, 4.69) is 24.3 Å². The third kappa shape index (κ3) is 3.58. The number of ether oxygens (including phenoxy) is 2. The Balaban J connectivity index is 1.75. The highest BCUT2D eigenvalue weighted by molar-refractivity contribution is 5.72. The van der Waals surface area contributed by atoms with E-state index in [1.807, 2.05) is 36.4 Å². The van der Waals surface area contributed by atoms with Crippen LogP contribution in [0.25, 0.3) is 0 Å². The molecular weight excluding hydrogens is 352 g/mol. The summed E-state index contributed by atoms with van der Waals surface area (Å²) < 4.78 is 10.8. The normalized spacial score (nSPS) is 18.0. The fraction of sp³-hybridized carbons (Fsp3) is 0.208. The van der Waals surface area contributed by atoms with Crippen LogP contribution in [0.15, 0.2) is 72.8 Å². The van der Waals surface area contributed by atoms with Crippen LogP contribution in [0.4, 0.5) is 0 Å². The number of carbonyl (C=O) groups excluding carboxylic acids is 1. The third-order valence-corrected chi connectivity index (χ3v) is 5.29. The molecule has 0 unspecified atom stereocenters. The number of benzene rings is 3. The van der Waals surface area contributed by atoms with Crippen LogP contribution in [-0.4, -0.2) is 24.8 Å². The van der Waals surface area contributed by atoms with Crippen molar-refractivity contribution in [3.63, 3.8) is 0 Å². The van der Waals surface area contributed by atoms with Gasteiger partial charge in [0.1, 0.15) is 11.5 Å². The fourth-order valence-electron chi connectivity index (χ4n) is 3.89. The van der Waals surface area contributed by atoms with E-state index < -0.39 is 0 Å². The summed E-state index contributed by atoms with van der Waals surface area (Å²) in [7, 11) is 1.40. The first kappa shape index (κ1) is 18.1. The van der Waals surface area contributed by atoms with Gasteiger partial charge in [0.25, 0.3) is 0 Å². The van der Waals surface area contributed by atoms with Crippen LogP contribution in [0.3, 0.4) is 0 Å². The van der Waals surface area contributed by atoms with Gasteiger partial charge in [-0.25, -0.2) is 0 Å². The first-order valence-electron chi connectivity index (χ1n) is 9.32. The highest BCUT2D eigenvalue weighted by Gasteiger charge is 2.33. The quantitative estimate of drug-likeness (QED) is 0.687. The lowest BCUT2D eigenvalue weighted by Crippen LogP contribution is -2.25. The lowest BCUT2D eigenvalue weighted by atomic mass is 9.75. The van der Waals surface area contributed by atoms with E-state index in [1.165, 1.54) is 12.7 Å². The van der Waals surface area contributed by atoms with Gasteiger partial charge in [-0.2, -0.15) is 0 Å². The smallest absolute Gasteiger partial charge is 0.309 e. The maximum absolute atomic E-state index is 11.5. The molecule has 1 aliphatic rings. The lowest BCUT2D eigenvalue weighted by molar-refractivity contribution is -0.139. The predicted molar refractivity (Wildman–Crippen MR) is 107 cm³/mol. The van der Waals surface area contributed by atoms with E-state index in [-0.39, 0.29) is 30.0 Å². The molecule has 0 saturated carbocycles. The average Bonchev–Trinajstić information content (AvgIpc) is 2.74. The van der Waals surface area contributed by atoms with Crippen molar-refractivity contribution >= 4 is 5.97 Å². The minimum Gasteiger partial charge on any atom is -0.508 e. The Morgan fingerprint density at radius 2 is 1.79 bits per heavy atom. The molecule has 3 aromatic carbocycles. The van der Waals surface area contributed by atoms with Crippen LogP contribution in [0.2, 0.25) is 0 Å². The molecule has 0 fully saturated rings. The van der Waals surface area contributed by atoms with Gasteiger partial charge < -0.3 is 14.6 Å². The zero-order valence-corrected chi connectivity index (χ0v) is 15.7. The second-order valence-corrected chi connectivity index (χ2v) is 7.02. The van der Waals surface area contributed by atoms with E-state index >= 15 is 0 Å². The summed E-state index contributed by atoms with van der Waals surface area (Å²) in [6.07, 6.45) is 0.254. The maximum Gasteiger partial charge on any atom is 0.309 e. The Morgan fingerprint density at radius 1 is 1.04 bits per heavy atom. The van der Waals surface area contributed by atoms with Crippen molar-refractivity contribution in [1.29, 1.82) is 0 Å². The number of esters is 1. The molecular formula is C24H22O4. The second-order valence-electron chi connectivity index (χ2n) is 7.02. The Hall–Kier alpha value is -3.27. The highest BCUT2D eigenvalue weighted by Crippen LogP contribution is 2.46. The Bertz CT molecular complexity index is 964. The van der Waals surface area contributed by atoms with Crippen molar-refractivity contribution < 1.29 is 19.4 Å². The molecule has 3 aromatic rings. The van der Waals surface area contributed by atoms with Crippen LogP contribution >= 0.6 is 0 Å². The van der Waals surface area contributed by atoms with Gasteiger partial charge in [-0.15, -0.1) is 0 Å². The van der Waals surface area contributed by atoms with E-state index in [0.29, 0.717) is 6.61 Å². The minimum absolute atomic E-state index is 0.0467. The predicted octanol–water partition coefficient (Wildman–Crippen LogP) is 4.42. The number of rotatable bonds is 4. The molecule has 1 aliphatic heterocycles. The molecule has 0 aliphatic carbocycles. The van der Waals surface area contributed by atoms with E-state index in [9.17, 15) is 9.90 Å². The second kappa shape index (κ2) is 7.77. The SMILES string of the molecule is COC(=O)Cc1ccc([C@H]2c3cc(O)ccc3OC[C@H]2c2ccccc2)cc1. The third-order valence-electron chi connectivity index (χ3n) is 5.29. The van der Waals surface area contributed by atoms with Crippen molar-refractivity contribution in [1.82, 2.24) is 0 Å². The molecule has 2 atom stereocenters. The largest absolute Gasteiger partial charge is 0.508 e. The molecule has 0 saturated heterocycles. The molecule has 4 rings (SSSR count). The standard InChI is InChI=1S/C24H22O4/c1-27-23(26)13-16-7-9-18(10-8-16)24-20-14-19(25)11-12-22(20)28-15-21(24)17-5-3-2-4-6-17/h2-12,14,21,24-25H,13,15H2,1H3/t21-,24-/m0/s1. The number of phenols is 1. The molecule has 4 heteroatoms. The van der Waals surface area contributed by atoms with Gasteiger partial charge in [0, 0.05) is 17.4 Å². The number of methoxy groups -OCH3 is 1. The number of fused-ring (bicyclic) bond motifs is 1. The summed E-state index contributed by atoms with van der Waals surface area (Å²) in [4.78, 5) is 11.5. The van der Waals surface area contributed by atoms with Gasteiger partial charge in [-0.05, 0) is 34.9 Å². The van der Waals surface area contributed by atoms with E-state index in [0.717, 1.165) is 22.4 Å². The van der Waals surface area contributed by atoms with Gasteiger partial charge in [0.15, 0.2) is 0 Å². The molecule has 0 radical (unpaired) electrons. The van der Waals surface area contributed by atoms with Crippen LogP contribution < -0.4 is 4.74 Å². The molecule has 1 N–H and O–H groups in total. The maximum atomic E-state index is 11.5. The Morgan fingerprint density at radius 3 is 2.50 bits per heavy atom. The minimum atomic E-state index is -0.253. The number of hydrogen-bond donors (Lipinski definition) is 1. The van der Waals surface area contributed by atoms with Crippen LogP contribution in [0.5, 0.6) is 11.5 Å². The van der Waals surface area contributed by atoms with Gasteiger partial charge in [-0.1, -0.05) is 54.6 Å². The summed E-state index contributed by atoms with van der Waals surface area (Å²) in [6.45, 7) is 0.566. The van der Waals surface area contributed by atoms with Crippen LogP contribution in [-0.2, 0) is 16.0 Å². The average molecular weight is 374 g/mol. The highest BCUT2D eigenvalue weighted by atomic mass is 16.5. The molecule has 142 valence electrons. The summed E-state index contributed by atoms with van der Waals surface area (Å²) in [6, 6.07) is 23.6. The summed E-state index contributed by atoms with van der Waals surface area (Å²) >= 11 is 0. The Kier molecular flexibility index (Phi) is 5.02. The topological polar surface area (TPSA) is 55.8 Å². The van der Waals surface area contributed by atoms with Crippen molar-refractivity contribution in [2.24, 2.45) is 0 Å². The van der Waals surface area contributed by atoms with Crippen LogP contribution in [0.1, 0.15) is 34.1 Å². The molecule has 0 aromatic heterocycles. The lowest BCUT2D eigenvalue weighted by Gasteiger charge is -2.34. The van der Waals surface area contributed by atoms with Crippen LogP contribution in [0, 0.1) is 0 Å². The van der Waals surface area contributed by atoms with Gasteiger partial charge in [0.2, 0.25) is 0 Å². The van der Waals surface area contributed by atoms with E-state index in [4.69, 9.17) is 9.47 Å². The number of aromatic hydroxyl groups is 1. The van der Waals surface area contributed by atoms with Gasteiger partial charge >= 0.3 is 5.97 Å². The number of carbonyl (C=O) groups is 1. The molecule has 28 heavy (non-hydrogen) atoms. The zero-order chi connectivity index (χ0) is 19.5. The molecule has 0 bridgehead atoms. The zero-order valence-electron chi connectivity index (χ0n) is 15.7. The van der Waals surface area contributed by atoms with Gasteiger partial charge in [0.05, 0.1) is 20.1 Å². The van der Waals surface area contributed by atoms with Crippen molar-refractivity contribution in [3.05, 3.63) is 95.1 Å². The fourth-order valence-corrected chi connectivity index (χ4v) is 3.89. The van der Waals surface area contributed by atoms with Gasteiger partial charge in [-0.3, -0.25) is 4.79 Å². The summed E-state index contributed by atoms with van der Waals surface area (Å²) in [5, 5.41) is 10.1. The summed E-state index contributed by atoms with van der Waals surface area (Å²) in [5.41, 5.74) is 4.20. The molecule has 0 amide bonds. The first-order chi connectivity index (χ1) is 13.7. The number of hydrogen-bond acceptors (Lipinski definition) is 4. The van der Waals surface area contributed by atoms with Crippen molar-refractivity contribution in [2.45, 2.75) is 18.3 Å². The van der Waals surface area contributed by atoms with Crippen molar-refractivity contribution in [2.75, 3.05) is 13.7 Å². The molecule has 0 spiro atoms.